The smallest absolute Gasteiger partial charge is 0.408 e. The van der Waals surface area contributed by atoms with E-state index in [1.807, 2.05) is 6.07 Å². The number of alkyl carbamates (subject to hydrolysis) is 1. The molecule has 2 aromatic rings. The SMILES string of the molecule is O=C(N[C@@H](Cc1ccc(O[C@@H]2O[C@H](CO)[C@@H](O)[C@H](O)[C@H]2O)cc1)C(=O)O)OCc1ccccc1. The van der Waals surface area contributed by atoms with Gasteiger partial charge in [0.05, 0.1) is 6.61 Å². The number of rotatable bonds is 9. The largest absolute Gasteiger partial charge is 0.480 e. The second kappa shape index (κ2) is 11.8. The average molecular weight is 477 g/mol. The first-order chi connectivity index (χ1) is 16.3. The highest BCUT2D eigenvalue weighted by Crippen LogP contribution is 2.24. The molecule has 2 aromatic carbocycles. The van der Waals surface area contributed by atoms with E-state index in [1.165, 1.54) is 12.1 Å². The molecule has 0 saturated carbocycles. The van der Waals surface area contributed by atoms with Crippen molar-refractivity contribution in [1.82, 2.24) is 5.32 Å². The van der Waals surface area contributed by atoms with Crippen molar-refractivity contribution in [3.63, 3.8) is 0 Å². The van der Waals surface area contributed by atoms with E-state index < -0.39 is 55.4 Å². The third kappa shape index (κ3) is 6.65. The van der Waals surface area contributed by atoms with Crippen LogP contribution >= 0.6 is 0 Å². The minimum absolute atomic E-state index is 0.00298. The van der Waals surface area contributed by atoms with E-state index in [-0.39, 0.29) is 18.8 Å². The Morgan fingerprint density at radius 1 is 0.941 bits per heavy atom. The van der Waals surface area contributed by atoms with Crippen molar-refractivity contribution >= 4 is 12.1 Å². The zero-order chi connectivity index (χ0) is 24.7. The van der Waals surface area contributed by atoms with Gasteiger partial charge in [-0.3, -0.25) is 0 Å². The fourth-order valence-corrected chi connectivity index (χ4v) is 3.35. The zero-order valence-electron chi connectivity index (χ0n) is 18.1. The molecule has 0 aliphatic carbocycles. The van der Waals surface area contributed by atoms with Crippen LogP contribution in [0.4, 0.5) is 4.79 Å². The molecule has 11 heteroatoms. The molecular formula is C23H27NO10. The van der Waals surface area contributed by atoms with E-state index >= 15 is 0 Å². The Bertz CT molecular complexity index is 937. The van der Waals surface area contributed by atoms with E-state index in [1.54, 1.807) is 36.4 Å². The van der Waals surface area contributed by atoms with Crippen molar-refractivity contribution in [3.05, 3.63) is 65.7 Å². The molecule has 34 heavy (non-hydrogen) atoms. The number of aliphatic hydroxyl groups excluding tert-OH is 4. The topological polar surface area (TPSA) is 175 Å². The Morgan fingerprint density at radius 3 is 2.24 bits per heavy atom. The summed E-state index contributed by atoms with van der Waals surface area (Å²) in [7, 11) is 0. The molecule has 1 amide bonds. The van der Waals surface area contributed by atoms with Crippen molar-refractivity contribution < 1.29 is 49.3 Å². The summed E-state index contributed by atoms with van der Waals surface area (Å²) in [6.45, 7) is -0.579. The lowest BCUT2D eigenvalue weighted by atomic mass is 9.99. The molecule has 6 atom stereocenters. The van der Waals surface area contributed by atoms with Crippen LogP contribution < -0.4 is 10.1 Å². The summed E-state index contributed by atoms with van der Waals surface area (Å²) in [5, 5.41) is 50.8. The highest BCUT2D eigenvalue weighted by Gasteiger charge is 2.44. The highest BCUT2D eigenvalue weighted by atomic mass is 16.7. The minimum atomic E-state index is -1.57. The van der Waals surface area contributed by atoms with Crippen molar-refractivity contribution in [1.29, 1.82) is 0 Å². The average Bonchev–Trinajstić information content (AvgIpc) is 2.84. The second-order valence-electron chi connectivity index (χ2n) is 7.76. The normalized spacial score (nSPS) is 25.2. The van der Waals surface area contributed by atoms with E-state index in [4.69, 9.17) is 14.2 Å². The Hall–Kier alpha value is -3.22. The molecule has 0 unspecified atom stereocenters. The number of amides is 1. The number of hydrogen-bond donors (Lipinski definition) is 6. The van der Waals surface area contributed by atoms with Gasteiger partial charge in [-0.25, -0.2) is 9.59 Å². The monoisotopic (exact) mass is 477 g/mol. The number of aliphatic carboxylic acids is 1. The zero-order valence-corrected chi connectivity index (χ0v) is 18.1. The molecule has 1 aliphatic heterocycles. The number of ether oxygens (including phenoxy) is 3. The minimum Gasteiger partial charge on any atom is -0.480 e. The summed E-state index contributed by atoms with van der Waals surface area (Å²) in [5.74, 6) is -1.01. The van der Waals surface area contributed by atoms with Crippen molar-refractivity contribution in [2.75, 3.05) is 6.61 Å². The molecule has 6 N–H and O–H groups in total. The predicted octanol–water partition coefficient (Wildman–Crippen LogP) is -0.213. The van der Waals surface area contributed by atoms with Gasteiger partial charge in [-0.05, 0) is 23.3 Å². The molecule has 1 aliphatic rings. The molecule has 1 saturated heterocycles. The van der Waals surface area contributed by atoms with Crippen LogP contribution in [0.3, 0.4) is 0 Å². The Morgan fingerprint density at radius 2 is 1.62 bits per heavy atom. The molecule has 0 radical (unpaired) electrons. The standard InChI is InChI=1S/C23H27NO10/c25-11-17-18(26)19(27)20(28)22(34-17)33-15-8-6-13(7-9-15)10-16(21(29)30)24-23(31)32-12-14-4-2-1-3-5-14/h1-9,16-20,22,25-28H,10-12H2,(H,24,31)(H,29,30)/t16-,17+,18+,19-,20+,22+/m0/s1. The lowest BCUT2D eigenvalue weighted by Gasteiger charge is -2.39. The van der Waals surface area contributed by atoms with E-state index in [9.17, 15) is 35.1 Å². The van der Waals surface area contributed by atoms with Crippen molar-refractivity contribution in [3.8, 4) is 5.75 Å². The summed E-state index contributed by atoms with van der Waals surface area (Å²) < 4.78 is 15.9. The highest BCUT2D eigenvalue weighted by molar-refractivity contribution is 5.80. The van der Waals surface area contributed by atoms with Crippen molar-refractivity contribution in [2.24, 2.45) is 0 Å². The maximum atomic E-state index is 12.0. The molecule has 1 fully saturated rings. The van der Waals surface area contributed by atoms with Gasteiger partial charge >= 0.3 is 12.1 Å². The van der Waals surface area contributed by atoms with Crippen LogP contribution in [-0.2, 0) is 27.3 Å². The van der Waals surface area contributed by atoms with E-state index in [0.29, 0.717) is 5.56 Å². The fourth-order valence-electron chi connectivity index (χ4n) is 3.35. The summed E-state index contributed by atoms with van der Waals surface area (Å²) in [4.78, 5) is 23.6. The number of carboxylic acids is 1. The first-order valence-electron chi connectivity index (χ1n) is 10.5. The van der Waals surface area contributed by atoms with Crippen LogP contribution in [0.2, 0.25) is 0 Å². The summed E-state index contributed by atoms with van der Waals surface area (Å²) in [6.07, 6.45) is -7.96. The van der Waals surface area contributed by atoms with Gasteiger partial charge in [0.25, 0.3) is 0 Å². The summed E-state index contributed by atoms with van der Waals surface area (Å²) >= 11 is 0. The molecule has 0 spiro atoms. The molecular weight excluding hydrogens is 450 g/mol. The van der Waals surface area contributed by atoms with Gasteiger partial charge in [-0.2, -0.15) is 0 Å². The molecule has 0 aromatic heterocycles. The summed E-state index contributed by atoms with van der Waals surface area (Å²) in [6, 6.07) is 13.8. The lowest BCUT2D eigenvalue weighted by molar-refractivity contribution is -0.277. The lowest BCUT2D eigenvalue weighted by Crippen LogP contribution is -2.60. The number of nitrogens with one attached hydrogen (secondary N) is 1. The van der Waals surface area contributed by atoms with E-state index in [0.717, 1.165) is 5.56 Å². The second-order valence-corrected chi connectivity index (χ2v) is 7.76. The van der Waals surface area contributed by atoms with Gasteiger partial charge < -0.3 is 45.1 Å². The predicted molar refractivity (Wildman–Crippen MR) is 116 cm³/mol. The molecule has 0 bridgehead atoms. The van der Waals surface area contributed by atoms with Crippen LogP contribution in [0.1, 0.15) is 11.1 Å². The first-order valence-corrected chi connectivity index (χ1v) is 10.5. The van der Waals surface area contributed by atoms with Gasteiger partial charge in [-0.15, -0.1) is 0 Å². The molecule has 11 nitrogen and oxygen atoms in total. The quantitative estimate of drug-likeness (QED) is 0.283. The number of carbonyl (C=O) groups is 2. The first kappa shape index (κ1) is 25.4. The Balaban J connectivity index is 1.55. The van der Waals surface area contributed by atoms with Gasteiger partial charge in [0.2, 0.25) is 6.29 Å². The van der Waals surface area contributed by atoms with Crippen LogP contribution in [0.15, 0.2) is 54.6 Å². The number of hydrogen-bond acceptors (Lipinski definition) is 9. The molecule has 184 valence electrons. The van der Waals surface area contributed by atoms with Crippen molar-refractivity contribution in [2.45, 2.75) is 49.8 Å². The number of aliphatic hydroxyl groups is 4. The maximum absolute atomic E-state index is 12.0. The third-order valence-electron chi connectivity index (χ3n) is 5.27. The fraction of sp³-hybridized carbons (Fsp3) is 0.391. The maximum Gasteiger partial charge on any atom is 0.408 e. The van der Waals surface area contributed by atoms with Crippen LogP contribution in [0.5, 0.6) is 5.75 Å². The van der Waals surface area contributed by atoms with Crippen LogP contribution in [0, 0.1) is 0 Å². The van der Waals surface area contributed by atoms with E-state index in [2.05, 4.69) is 5.32 Å². The number of benzene rings is 2. The van der Waals surface area contributed by atoms with Gasteiger partial charge in [0.15, 0.2) is 0 Å². The third-order valence-corrected chi connectivity index (χ3v) is 5.27. The van der Waals surface area contributed by atoms with Gasteiger partial charge in [0.1, 0.15) is 42.8 Å². The van der Waals surface area contributed by atoms with Gasteiger partial charge in [0, 0.05) is 6.42 Å². The summed E-state index contributed by atoms with van der Waals surface area (Å²) in [5.41, 5.74) is 1.33. The van der Waals surface area contributed by atoms with Gasteiger partial charge in [-0.1, -0.05) is 42.5 Å². The number of carboxylic acid groups (broad SMARTS) is 1. The van der Waals surface area contributed by atoms with Crippen LogP contribution in [0.25, 0.3) is 0 Å². The molecule has 3 rings (SSSR count). The molecule has 1 heterocycles. The van der Waals surface area contributed by atoms with Crippen LogP contribution in [-0.4, -0.2) is 80.9 Å². The number of carbonyl (C=O) groups excluding carboxylic acids is 1. The Kier molecular flexibility index (Phi) is 8.79. The Labute approximate surface area is 195 Å².